The number of carbonyl (C=O) groups excluding carboxylic acids is 1. The van der Waals surface area contributed by atoms with Gasteiger partial charge in [-0.15, -0.1) is 12.4 Å². The highest BCUT2D eigenvalue weighted by atomic mass is 35.5. The second-order valence-corrected chi connectivity index (χ2v) is 4.75. The van der Waals surface area contributed by atoms with Crippen LogP contribution >= 0.6 is 12.4 Å². The second kappa shape index (κ2) is 7.91. The summed E-state index contributed by atoms with van der Waals surface area (Å²) in [6.07, 6.45) is 4.27. The van der Waals surface area contributed by atoms with Crippen molar-refractivity contribution in [1.82, 2.24) is 10.2 Å². The summed E-state index contributed by atoms with van der Waals surface area (Å²) >= 11 is 0. The Balaban J connectivity index is 0.00000225. The quantitative estimate of drug-likeness (QED) is 0.826. The number of amides is 1. The highest BCUT2D eigenvalue weighted by Gasteiger charge is 2.27. The number of carbonyl (C=O) groups is 1. The van der Waals surface area contributed by atoms with Crippen LogP contribution in [0.25, 0.3) is 0 Å². The van der Waals surface area contributed by atoms with E-state index < -0.39 is 0 Å². The molecule has 1 aliphatic rings. The Labute approximate surface area is 105 Å². The van der Waals surface area contributed by atoms with Crippen molar-refractivity contribution in [3.05, 3.63) is 0 Å². The third kappa shape index (κ3) is 4.30. The van der Waals surface area contributed by atoms with Crippen molar-refractivity contribution in [2.45, 2.75) is 45.6 Å². The van der Waals surface area contributed by atoms with E-state index in [2.05, 4.69) is 24.1 Å². The van der Waals surface area contributed by atoms with Crippen LogP contribution in [0.15, 0.2) is 0 Å². The Hall–Kier alpha value is -0.280. The molecule has 1 fully saturated rings. The molecular weight excluding hydrogens is 224 g/mol. The van der Waals surface area contributed by atoms with Crippen molar-refractivity contribution in [2.75, 3.05) is 20.1 Å². The fourth-order valence-electron chi connectivity index (χ4n) is 2.34. The minimum Gasteiger partial charge on any atom is -0.339 e. The predicted octanol–water partition coefficient (Wildman–Crippen LogP) is 2.05. The number of hydrogen-bond donors (Lipinski definition) is 1. The Morgan fingerprint density at radius 1 is 1.44 bits per heavy atom. The molecule has 0 saturated carbocycles. The van der Waals surface area contributed by atoms with Gasteiger partial charge in [-0.1, -0.05) is 13.8 Å². The molecule has 0 spiro atoms. The maximum Gasteiger partial charge on any atom is 0.224 e. The first kappa shape index (κ1) is 15.7. The molecule has 1 amide bonds. The SMILES string of the molecule is CNCCC(=O)N1CCCCC1C(C)C.Cl. The third-order valence-electron chi connectivity index (χ3n) is 3.23. The molecule has 0 aromatic heterocycles. The van der Waals surface area contributed by atoms with Gasteiger partial charge in [-0.2, -0.15) is 0 Å². The lowest BCUT2D eigenvalue weighted by molar-refractivity contribution is -0.135. The van der Waals surface area contributed by atoms with Crippen molar-refractivity contribution >= 4 is 18.3 Å². The van der Waals surface area contributed by atoms with Crippen molar-refractivity contribution in [1.29, 1.82) is 0 Å². The molecule has 1 atom stereocenters. The lowest BCUT2D eigenvalue weighted by atomic mass is 9.92. The molecule has 1 aliphatic heterocycles. The zero-order valence-corrected chi connectivity index (χ0v) is 11.5. The molecule has 4 heteroatoms. The van der Waals surface area contributed by atoms with E-state index in [1.807, 2.05) is 7.05 Å². The third-order valence-corrected chi connectivity index (χ3v) is 3.23. The van der Waals surface area contributed by atoms with Gasteiger partial charge in [-0.3, -0.25) is 4.79 Å². The molecule has 1 heterocycles. The maximum atomic E-state index is 12.0. The zero-order chi connectivity index (χ0) is 11.3. The maximum absolute atomic E-state index is 12.0. The highest BCUT2D eigenvalue weighted by molar-refractivity contribution is 5.85. The monoisotopic (exact) mass is 248 g/mol. The normalized spacial score (nSPS) is 20.8. The van der Waals surface area contributed by atoms with Gasteiger partial charge in [0.05, 0.1) is 0 Å². The molecule has 0 bridgehead atoms. The van der Waals surface area contributed by atoms with Crippen molar-refractivity contribution in [2.24, 2.45) is 5.92 Å². The number of hydrogen-bond acceptors (Lipinski definition) is 2. The Morgan fingerprint density at radius 3 is 2.69 bits per heavy atom. The van der Waals surface area contributed by atoms with E-state index in [0.717, 1.165) is 13.1 Å². The number of rotatable bonds is 4. The Morgan fingerprint density at radius 2 is 2.12 bits per heavy atom. The lowest BCUT2D eigenvalue weighted by Crippen LogP contribution is -2.46. The van der Waals surface area contributed by atoms with Crippen LogP contribution in [0.3, 0.4) is 0 Å². The largest absolute Gasteiger partial charge is 0.339 e. The van der Waals surface area contributed by atoms with Crippen LogP contribution in [0.4, 0.5) is 0 Å². The molecule has 0 radical (unpaired) electrons. The van der Waals surface area contributed by atoms with Crippen LogP contribution in [-0.2, 0) is 4.79 Å². The standard InChI is InChI=1S/C12H24N2O.ClH/c1-10(2)11-6-4-5-9-14(11)12(15)7-8-13-3;/h10-11,13H,4-9H2,1-3H3;1H. The van der Waals surface area contributed by atoms with Crippen LogP contribution in [-0.4, -0.2) is 37.0 Å². The van der Waals surface area contributed by atoms with Crippen LogP contribution in [0, 0.1) is 5.92 Å². The summed E-state index contributed by atoms with van der Waals surface area (Å²) in [4.78, 5) is 14.1. The van der Waals surface area contributed by atoms with E-state index in [9.17, 15) is 4.79 Å². The summed E-state index contributed by atoms with van der Waals surface area (Å²) in [5, 5.41) is 3.03. The fourth-order valence-corrected chi connectivity index (χ4v) is 2.34. The second-order valence-electron chi connectivity index (χ2n) is 4.75. The number of nitrogens with one attached hydrogen (secondary N) is 1. The number of piperidine rings is 1. The molecule has 1 rings (SSSR count). The van der Waals surface area contributed by atoms with Gasteiger partial charge in [0.2, 0.25) is 5.91 Å². The average molecular weight is 249 g/mol. The van der Waals surface area contributed by atoms with Crippen LogP contribution in [0.5, 0.6) is 0 Å². The minimum absolute atomic E-state index is 0. The topological polar surface area (TPSA) is 32.3 Å². The number of likely N-dealkylation sites (tertiary alicyclic amines) is 1. The van der Waals surface area contributed by atoms with Gasteiger partial charge < -0.3 is 10.2 Å². The lowest BCUT2D eigenvalue weighted by Gasteiger charge is -2.38. The Bertz CT molecular complexity index is 209. The molecular formula is C12H25ClN2O. The van der Waals surface area contributed by atoms with Crippen molar-refractivity contribution in [3.63, 3.8) is 0 Å². The molecule has 1 saturated heterocycles. The first-order chi connectivity index (χ1) is 7.16. The van der Waals surface area contributed by atoms with Gasteiger partial charge in [-0.25, -0.2) is 0 Å². The molecule has 96 valence electrons. The summed E-state index contributed by atoms with van der Waals surface area (Å²) < 4.78 is 0. The minimum atomic E-state index is 0. The summed E-state index contributed by atoms with van der Waals surface area (Å²) in [6.45, 7) is 6.19. The van der Waals surface area contributed by atoms with E-state index in [4.69, 9.17) is 0 Å². The highest BCUT2D eigenvalue weighted by Crippen LogP contribution is 2.23. The van der Waals surface area contributed by atoms with Crippen LogP contribution in [0.1, 0.15) is 39.5 Å². The molecule has 0 aromatic rings. The van der Waals surface area contributed by atoms with Gasteiger partial charge in [0.25, 0.3) is 0 Å². The molecule has 0 aromatic carbocycles. The van der Waals surface area contributed by atoms with E-state index >= 15 is 0 Å². The van der Waals surface area contributed by atoms with Gasteiger partial charge in [-0.05, 0) is 32.2 Å². The first-order valence-corrected chi connectivity index (χ1v) is 6.11. The average Bonchev–Trinajstić information content (AvgIpc) is 2.25. The smallest absolute Gasteiger partial charge is 0.224 e. The molecule has 0 aliphatic carbocycles. The van der Waals surface area contributed by atoms with Crippen LogP contribution < -0.4 is 5.32 Å². The molecule has 1 unspecified atom stereocenters. The predicted molar refractivity (Wildman–Crippen MR) is 70.0 cm³/mol. The molecule has 3 nitrogen and oxygen atoms in total. The summed E-state index contributed by atoms with van der Waals surface area (Å²) in [5.74, 6) is 0.909. The molecule has 16 heavy (non-hydrogen) atoms. The van der Waals surface area contributed by atoms with Gasteiger partial charge in [0, 0.05) is 25.6 Å². The first-order valence-electron chi connectivity index (χ1n) is 6.11. The Kier molecular flexibility index (Phi) is 7.77. The summed E-state index contributed by atoms with van der Waals surface area (Å²) in [5.41, 5.74) is 0. The number of halogens is 1. The van der Waals surface area contributed by atoms with E-state index in [0.29, 0.717) is 24.3 Å². The summed E-state index contributed by atoms with van der Waals surface area (Å²) in [7, 11) is 1.89. The van der Waals surface area contributed by atoms with Gasteiger partial charge >= 0.3 is 0 Å². The van der Waals surface area contributed by atoms with Gasteiger partial charge in [0.1, 0.15) is 0 Å². The van der Waals surface area contributed by atoms with E-state index in [1.165, 1.54) is 19.3 Å². The summed E-state index contributed by atoms with van der Waals surface area (Å²) in [6, 6.07) is 0.475. The van der Waals surface area contributed by atoms with E-state index in [1.54, 1.807) is 0 Å². The fraction of sp³-hybridized carbons (Fsp3) is 0.917. The van der Waals surface area contributed by atoms with Gasteiger partial charge in [0.15, 0.2) is 0 Å². The molecule has 1 N–H and O–H groups in total. The van der Waals surface area contributed by atoms with Crippen molar-refractivity contribution in [3.8, 4) is 0 Å². The number of nitrogens with zero attached hydrogens (tertiary/aromatic N) is 1. The van der Waals surface area contributed by atoms with Crippen molar-refractivity contribution < 1.29 is 4.79 Å². The van der Waals surface area contributed by atoms with E-state index in [-0.39, 0.29) is 12.4 Å². The zero-order valence-electron chi connectivity index (χ0n) is 10.7. The van der Waals surface area contributed by atoms with Crippen LogP contribution in [0.2, 0.25) is 0 Å².